The lowest BCUT2D eigenvalue weighted by Crippen LogP contribution is -2.18. The lowest BCUT2D eigenvalue weighted by Gasteiger charge is -1.83. The Kier molecular flexibility index (Phi) is 3.73. The normalized spacial score (nSPS) is 9.00. The number of nitrogens with one attached hydrogen (secondary N) is 2. The molecule has 0 spiro atoms. The molecule has 0 bridgehead atoms. The van der Waals surface area contributed by atoms with E-state index in [0.717, 1.165) is 0 Å². The monoisotopic (exact) mass is 88.1 g/mol. The van der Waals surface area contributed by atoms with E-state index in [9.17, 15) is 0 Å². The zero-order chi connectivity index (χ0) is 4.83. The van der Waals surface area contributed by atoms with Crippen molar-refractivity contribution < 1.29 is 0 Å². The molecule has 36 valence electrons. The number of rotatable bonds is 2. The smallest absolute Gasteiger partial charge is 0.0294 e. The Hall–Kier alpha value is -0.740. The predicted octanol–water partition coefficient (Wildman–Crippen LogP) is -1.62. The molecule has 0 fully saturated rings. The predicted molar refractivity (Wildman–Crippen MR) is 23.8 cm³/mol. The molecule has 0 unspecified atom stereocenters. The molecule has 0 aromatic heterocycles. The van der Waals surface area contributed by atoms with Crippen LogP contribution in [-0.4, -0.2) is 0 Å². The molecule has 0 radical (unpaired) electrons. The molecular formula is C2H8N4. The van der Waals surface area contributed by atoms with Crippen molar-refractivity contribution in [3.63, 3.8) is 0 Å². The van der Waals surface area contributed by atoms with Crippen molar-refractivity contribution in [2.75, 3.05) is 0 Å². The topological polar surface area (TPSA) is 76.1 Å². The fraction of sp³-hybridized carbons (Fsp3) is 0. The minimum Gasteiger partial charge on any atom is -0.330 e. The van der Waals surface area contributed by atoms with Crippen LogP contribution >= 0.6 is 0 Å². The van der Waals surface area contributed by atoms with Crippen LogP contribution in [0.4, 0.5) is 0 Å². The largest absolute Gasteiger partial charge is 0.330 e. The van der Waals surface area contributed by atoms with Gasteiger partial charge in [0, 0.05) is 12.4 Å². The summed E-state index contributed by atoms with van der Waals surface area (Å²) in [6, 6.07) is 0. The van der Waals surface area contributed by atoms with Gasteiger partial charge in [0.15, 0.2) is 0 Å². The maximum absolute atomic E-state index is 4.78. The molecule has 0 saturated carbocycles. The Morgan fingerprint density at radius 1 is 1.00 bits per heavy atom. The average molecular weight is 88.1 g/mol. The van der Waals surface area contributed by atoms with E-state index in [1.165, 1.54) is 12.4 Å². The molecule has 0 rings (SSSR count). The first kappa shape index (κ1) is 5.26. The van der Waals surface area contributed by atoms with Crippen LogP contribution in [0.3, 0.4) is 0 Å². The van der Waals surface area contributed by atoms with Gasteiger partial charge in [-0.1, -0.05) is 0 Å². The number of hydrazine groups is 2. The van der Waals surface area contributed by atoms with Crippen molar-refractivity contribution in [2.24, 2.45) is 11.7 Å². The third-order valence-corrected chi connectivity index (χ3v) is 0.276. The van der Waals surface area contributed by atoms with Crippen molar-refractivity contribution in [3.05, 3.63) is 12.4 Å². The molecule has 6 N–H and O–H groups in total. The molecule has 0 aliphatic heterocycles. The van der Waals surface area contributed by atoms with Gasteiger partial charge in [0.2, 0.25) is 0 Å². The highest BCUT2D eigenvalue weighted by Gasteiger charge is 1.52. The Bertz CT molecular complexity index is 34.8. The summed E-state index contributed by atoms with van der Waals surface area (Å²) in [6.07, 6.45) is 2.94. The Labute approximate surface area is 36.1 Å². The second-order valence-electron chi connectivity index (χ2n) is 0.667. The van der Waals surface area contributed by atoms with E-state index in [0.29, 0.717) is 0 Å². The lowest BCUT2D eigenvalue weighted by molar-refractivity contribution is 0.908. The first-order valence-electron chi connectivity index (χ1n) is 1.49. The van der Waals surface area contributed by atoms with Crippen molar-refractivity contribution in [1.29, 1.82) is 0 Å². The van der Waals surface area contributed by atoms with Crippen LogP contribution in [-0.2, 0) is 0 Å². The average Bonchev–Trinajstić information content (AvgIpc) is 1.61. The first-order chi connectivity index (χ1) is 2.91. The maximum Gasteiger partial charge on any atom is 0.0294 e. The van der Waals surface area contributed by atoms with E-state index in [2.05, 4.69) is 10.9 Å². The van der Waals surface area contributed by atoms with E-state index in [1.807, 2.05) is 0 Å². The molecule has 4 nitrogen and oxygen atoms in total. The second kappa shape index (κ2) is 4.26. The van der Waals surface area contributed by atoms with Crippen molar-refractivity contribution in [2.45, 2.75) is 0 Å². The zero-order valence-corrected chi connectivity index (χ0v) is 3.31. The van der Waals surface area contributed by atoms with E-state index >= 15 is 0 Å². The summed E-state index contributed by atoms with van der Waals surface area (Å²) in [4.78, 5) is 0. The van der Waals surface area contributed by atoms with Crippen molar-refractivity contribution in [1.82, 2.24) is 10.9 Å². The first-order valence-corrected chi connectivity index (χ1v) is 1.49. The minimum absolute atomic E-state index is 1.47. The van der Waals surface area contributed by atoms with Gasteiger partial charge < -0.3 is 10.9 Å². The molecule has 0 aromatic rings. The second-order valence-corrected chi connectivity index (χ2v) is 0.667. The van der Waals surface area contributed by atoms with Crippen LogP contribution < -0.4 is 22.5 Å². The van der Waals surface area contributed by atoms with Gasteiger partial charge in [-0.15, -0.1) is 0 Å². The molecule has 0 heterocycles. The van der Waals surface area contributed by atoms with E-state index in [1.54, 1.807) is 0 Å². The van der Waals surface area contributed by atoms with Gasteiger partial charge in [0.25, 0.3) is 0 Å². The minimum atomic E-state index is 1.47. The third kappa shape index (κ3) is 3.26. The van der Waals surface area contributed by atoms with Gasteiger partial charge in [-0.25, -0.2) is 0 Å². The van der Waals surface area contributed by atoms with Crippen LogP contribution in [0.15, 0.2) is 12.4 Å². The molecule has 0 atom stereocenters. The Morgan fingerprint density at radius 2 is 1.33 bits per heavy atom. The molecule has 6 heavy (non-hydrogen) atoms. The van der Waals surface area contributed by atoms with Gasteiger partial charge in [0.1, 0.15) is 0 Å². The van der Waals surface area contributed by atoms with Crippen molar-refractivity contribution in [3.8, 4) is 0 Å². The van der Waals surface area contributed by atoms with Gasteiger partial charge in [-0.05, 0) is 0 Å². The van der Waals surface area contributed by atoms with E-state index < -0.39 is 0 Å². The van der Waals surface area contributed by atoms with Crippen LogP contribution in [0.1, 0.15) is 0 Å². The van der Waals surface area contributed by atoms with E-state index in [-0.39, 0.29) is 0 Å². The van der Waals surface area contributed by atoms with Crippen LogP contribution in [0, 0.1) is 0 Å². The molecule has 0 aromatic carbocycles. The highest BCUT2D eigenvalue weighted by Crippen LogP contribution is 1.44. The quantitative estimate of drug-likeness (QED) is 0.242. The number of hydrogen-bond donors (Lipinski definition) is 4. The van der Waals surface area contributed by atoms with Crippen molar-refractivity contribution >= 4 is 0 Å². The fourth-order valence-electron chi connectivity index (χ4n) is 0.0962. The molecule has 0 aliphatic rings. The summed E-state index contributed by atoms with van der Waals surface area (Å²) in [5, 5.41) is 0. The summed E-state index contributed by atoms with van der Waals surface area (Å²) >= 11 is 0. The standard InChI is InChI=1S/C2H8N4/c3-5-1-2-6-4/h1-2,5-6H,3-4H2/b2-1+. The van der Waals surface area contributed by atoms with Crippen LogP contribution in [0.5, 0.6) is 0 Å². The van der Waals surface area contributed by atoms with Gasteiger partial charge in [-0.3, -0.25) is 11.7 Å². The highest BCUT2D eigenvalue weighted by atomic mass is 15.2. The molecule has 0 aliphatic carbocycles. The Morgan fingerprint density at radius 3 is 1.50 bits per heavy atom. The number of nitrogens with two attached hydrogens (primary N) is 2. The van der Waals surface area contributed by atoms with Gasteiger partial charge in [-0.2, -0.15) is 0 Å². The molecule has 0 amide bonds. The zero-order valence-electron chi connectivity index (χ0n) is 3.31. The highest BCUT2D eigenvalue weighted by molar-refractivity contribution is 4.70. The number of hydrogen-bond acceptors (Lipinski definition) is 4. The Balaban J connectivity index is 2.73. The summed E-state index contributed by atoms with van der Waals surface area (Å²) in [6.45, 7) is 0. The van der Waals surface area contributed by atoms with E-state index in [4.69, 9.17) is 11.7 Å². The van der Waals surface area contributed by atoms with Crippen LogP contribution in [0.2, 0.25) is 0 Å². The van der Waals surface area contributed by atoms with Gasteiger partial charge >= 0.3 is 0 Å². The summed E-state index contributed by atoms with van der Waals surface area (Å²) in [5.74, 6) is 9.56. The summed E-state index contributed by atoms with van der Waals surface area (Å²) in [7, 11) is 0. The fourth-order valence-corrected chi connectivity index (χ4v) is 0.0962. The molecule has 4 heteroatoms. The van der Waals surface area contributed by atoms with Crippen LogP contribution in [0.25, 0.3) is 0 Å². The third-order valence-electron chi connectivity index (χ3n) is 0.276. The molecule has 0 saturated heterocycles. The van der Waals surface area contributed by atoms with Gasteiger partial charge in [0.05, 0.1) is 0 Å². The SMILES string of the molecule is NN/C=C/NN. The summed E-state index contributed by atoms with van der Waals surface area (Å²) < 4.78 is 0. The maximum atomic E-state index is 4.78. The summed E-state index contributed by atoms with van der Waals surface area (Å²) in [5.41, 5.74) is 4.49. The molecular weight excluding hydrogens is 80.1 g/mol. The lowest BCUT2D eigenvalue weighted by atomic mass is 10.9.